The highest BCUT2D eigenvalue weighted by Crippen LogP contribution is 2.26. The van der Waals surface area contributed by atoms with Crippen molar-refractivity contribution in [3.63, 3.8) is 0 Å². The van der Waals surface area contributed by atoms with Crippen LogP contribution in [0.3, 0.4) is 0 Å². The van der Waals surface area contributed by atoms with Crippen LogP contribution in [0.4, 0.5) is 8.78 Å². The van der Waals surface area contributed by atoms with Crippen molar-refractivity contribution in [1.82, 2.24) is 20.3 Å². The summed E-state index contributed by atoms with van der Waals surface area (Å²) in [5.74, 6) is -1.09. The van der Waals surface area contributed by atoms with E-state index in [1.165, 1.54) is 4.68 Å². The number of rotatable bonds is 5. The van der Waals surface area contributed by atoms with Gasteiger partial charge in [-0.1, -0.05) is 19.1 Å². The molecule has 0 amide bonds. The van der Waals surface area contributed by atoms with E-state index in [0.29, 0.717) is 6.42 Å². The first-order chi connectivity index (χ1) is 10.0. The van der Waals surface area contributed by atoms with Crippen molar-refractivity contribution in [2.75, 3.05) is 7.05 Å². The monoisotopic (exact) mass is 358 g/mol. The Morgan fingerprint density at radius 3 is 2.57 bits per heavy atom. The lowest BCUT2D eigenvalue weighted by molar-refractivity contribution is 0.555. The summed E-state index contributed by atoms with van der Waals surface area (Å²) in [6, 6.07) is 2.26. The molecule has 0 fully saturated rings. The average Bonchev–Trinajstić information content (AvgIpc) is 2.88. The summed E-state index contributed by atoms with van der Waals surface area (Å²) < 4.78 is 29.3. The van der Waals surface area contributed by atoms with E-state index in [1.807, 2.05) is 20.9 Å². The van der Waals surface area contributed by atoms with Gasteiger partial charge in [0.05, 0.1) is 16.2 Å². The van der Waals surface area contributed by atoms with E-state index < -0.39 is 11.6 Å². The SMILES string of the molecule is CCc1c(C(CC)NC)nnn1-c1cc(F)c(Br)cc1F. The molecular weight excluding hydrogens is 342 g/mol. The molecule has 1 heterocycles. The normalized spacial score (nSPS) is 12.7. The molecule has 7 heteroatoms. The van der Waals surface area contributed by atoms with Gasteiger partial charge in [-0.3, -0.25) is 0 Å². The van der Waals surface area contributed by atoms with E-state index in [1.54, 1.807) is 0 Å². The van der Waals surface area contributed by atoms with E-state index in [9.17, 15) is 8.78 Å². The fraction of sp³-hybridized carbons (Fsp3) is 0.429. The summed E-state index contributed by atoms with van der Waals surface area (Å²) in [6.45, 7) is 3.97. The first kappa shape index (κ1) is 16.0. The van der Waals surface area contributed by atoms with Crippen LogP contribution in [0.25, 0.3) is 5.69 Å². The standard InChI is InChI=1S/C14H17BrF2N4/c1-4-11(18-3)14-12(5-2)21(20-19-14)13-7-9(16)8(15)6-10(13)17/h6-7,11,18H,4-5H2,1-3H3. The molecular formula is C14H17BrF2N4. The molecule has 4 nitrogen and oxygen atoms in total. The van der Waals surface area contributed by atoms with E-state index in [-0.39, 0.29) is 16.2 Å². The van der Waals surface area contributed by atoms with Gasteiger partial charge in [0.2, 0.25) is 0 Å². The molecule has 0 saturated carbocycles. The zero-order valence-electron chi connectivity index (χ0n) is 12.1. The lowest BCUT2D eigenvalue weighted by Crippen LogP contribution is -2.17. The Labute approximate surface area is 130 Å². The number of benzene rings is 1. The first-order valence-corrected chi connectivity index (χ1v) is 7.59. The second-order valence-corrected chi connectivity index (χ2v) is 5.51. The maximum Gasteiger partial charge on any atom is 0.150 e. The molecule has 1 N–H and O–H groups in total. The van der Waals surface area contributed by atoms with E-state index in [2.05, 4.69) is 31.6 Å². The Balaban J connectivity index is 2.58. The molecule has 0 bridgehead atoms. The van der Waals surface area contributed by atoms with Crippen molar-refractivity contribution >= 4 is 15.9 Å². The number of halogens is 3. The van der Waals surface area contributed by atoms with Crippen molar-refractivity contribution in [3.05, 3.63) is 39.6 Å². The van der Waals surface area contributed by atoms with Gasteiger partial charge in [-0.15, -0.1) is 5.10 Å². The maximum atomic E-state index is 14.1. The molecule has 1 unspecified atom stereocenters. The molecule has 0 aliphatic carbocycles. The van der Waals surface area contributed by atoms with Gasteiger partial charge in [0.25, 0.3) is 0 Å². The van der Waals surface area contributed by atoms with Gasteiger partial charge in [0, 0.05) is 6.07 Å². The highest BCUT2D eigenvalue weighted by molar-refractivity contribution is 9.10. The largest absolute Gasteiger partial charge is 0.312 e. The zero-order valence-corrected chi connectivity index (χ0v) is 13.7. The van der Waals surface area contributed by atoms with Crippen LogP contribution in [0, 0.1) is 11.6 Å². The Kier molecular flexibility index (Phi) is 5.05. The summed E-state index contributed by atoms with van der Waals surface area (Å²) >= 11 is 2.97. The van der Waals surface area contributed by atoms with Crippen LogP contribution in [-0.2, 0) is 6.42 Å². The molecule has 0 spiro atoms. The van der Waals surface area contributed by atoms with Crippen molar-refractivity contribution in [3.8, 4) is 5.69 Å². The third-order valence-electron chi connectivity index (χ3n) is 3.43. The minimum atomic E-state index is -0.549. The molecule has 2 aromatic rings. The van der Waals surface area contributed by atoms with Crippen molar-refractivity contribution in [2.24, 2.45) is 0 Å². The van der Waals surface area contributed by atoms with Crippen LogP contribution >= 0.6 is 15.9 Å². The summed E-state index contributed by atoms with van der Waals surface area (Å²) in [7, 11) is 1.84. The topological polar surface area (TPSA) is 42.7 Å². The number of hydrogen-bond donors (Lipinski definition) is 1. The van der Waals surface area contributed by atoms with Gasteiger partial charge in [-0.05, 0) is 41.9 Å². The van der Waals surface area contributed by atoms with E-state index >= 15 is 0 Å². The highest BCUT2D eigenvalue weighted by Gasteiger charge is 2.21. The van der Waals surface area contributed by atoms with Crippen LogP contribution in [-0.4, -0.2) is 22.0 Å². The highest BCUT2D eigenvalue weighted by atomic mass is 79.9. The second kappa shape index (κ2) is 6.62. The van der Waals surface area contributed by atoms with E-state index in [0.717, 1.165) is 29.9 Å². The first-order valence-electron chi connectivity index (χ1n) is 6.80. The number of nitrogens with one attached hydrogen (secondary N) is 1. The molecule has 0 aliphatic rings. The predicted molar refractivity (Wildman–Crippen MR) is 80.4 cm³/mol. The van der Waals surface area contributed by atoms with Crippen LogP contribution in [0.5, 0.6) is 0 Å². The second-order valence-electron chi connectivity index (χ2n) is 4.65. The summed E-state index contributed by atoms with van der Waals surface area (Å²) in [4.78, 5) is 0. The van der Waals surface area contributed by atoms with Crippen LogP contribution in [0.1, 0.15) is 37.7 Å². The average molecular weight is 359 g/mol. The molecule has 114 valence electrons. The van der Waals surface area contributed by atoms with Gasteiger partial charge >= 0.3 is 0 Å². The lowest BCUT2D eigenvalue weighted by Gasteiger charge is -2.13. The van der Waals surface area contributed by atoms with Gasteiger partial charge in [0.1, 0.15) is 23.0 Å². The van der Waals surface area contributed by atoms with Gasteiger partial charge < -0.3 is 5.32 Å². The molecule has 0 saturated heterocycles. The molecule has 0 radical (unpaired) electrons. The van der Waals surface area contributed by atoms with Gasteiger partial charge in [-0.2, -0.15) is 0 Å². The molecule has 1 atom stereocenters. The predicted octanol–water partition coefficient (Wildman–Crippen LogP) is 3.54. The Hall–Kier alpha value is -1.34. The Morgan fingerprint density at radius 2 is 2.00 bits per heavy atom. The summed E-state index contributed by atoms with van der Waals surface area (Å²) in [5.41, 5.74) is 1.61. The maximum absolute atomic E-state index is 14.1. The Morgan fingerprint density at radius 1 is 1.29 bits per heavy atom. The number of nitrogens with zero attached hydrogens (tertiary/aromatic N) is 3. The minimum absolute atomic E-state index is 0.0389. The van der Waals surface area contributed by atoms with Gasteiger partial charge in [-0.25, -0.2) is 13.5 Å². The van der Waals surface area contributed by atoms with Crippen LogP contribution in [0.2, 0.25) is 0 Å². The quantitative estimate of drug-likeness (QED) is 0.831. The molecule has 0 aliphatic heterocycles. The van der Waals surface area contributed by atoms with Gasteiger partial charge in [0.15, 0.2) is 0 Å². The van der Waals surface area contributed by atoms with Crippen molar-refractivity contribution < 1.29 is 8.78 Å². The number of hydrogen-bond acceptors (Lipinski definition) is 3. The third kappa shape index (κ3) is 2.98. The third-order valence-corrected chi connectivity index (χ3v) is 4.04. The lowest BCUT2D eigenvalue weighted by atomic mass is 10.1. The molecule has 21 heavy (non-hydrogen) atoms. The minimum Gasteiger partial charge on any atom is -0.312 e. The van der Waals surface area contributed by atoms with Crippen LogP contribution < -0.4 is 5.32 Å². The summed E-state index contributed by atoms with van der Waals surface area (Å²) in [6.07, 6.45) is 1.46. The molecule has 1 aromatic carbocycles. The molecule has 2 rings (SSSR count). The van der Waals surface area contributed by atoms with E-state index in [4.69, 9.17) is 0 Å². The smallest absolute Gasteiger partial charge is 0.150 e. The molecule has 1 aromatic heterocycles. The fourth-order valence-electron chi connectivity index (χ4n) is 2.32. The zero-order chi connectivity index (χ0) is 15.6. The van der Waals surface area contributed by atoms with Crippen LogP contribution in [0.15, 0.2) is 16.6 Å². The summed E-state index contributed by atoms with van der Waals surface area (Å²) in [5, 5.41) is 11.3. The Bertz CT molecular complexity index is 638. The number of aromatic nitrogens is 3. The fourth-order valence-corrected chi connectivity index (χ4v) is 2.63. The van der Waals surface area contributed by atoms with Crippen molar-refractivity contribution in [2.45, 2.75) is 32.7 Å². The van der Waals surface area contributed by atoms with Crippen molar-refractivity contribution in [1.29, 1.82) is 0 Å².